The molecule has 1 aliphatic rings. The highest BCUT2D eigenvalue weighted by Gasteiger charge is 2.24. The number of methoxy groups -OCH3 is 1. The fourth-order valence-corrected chi connectivity index (χ4v) is 2.46. The monoisotopic (exact) mass is 305 g/mol. The smallest absolute Gasteiger partial charge is 0.253 e. The second-order valence-electron chi connectivity index (χ2n) is 5.55. The van der Waals surface area contributed by atoms with Gasteiger partial charge in [0.15, 0.2) is 0 Å². The number of nitrogens with zero attached hydrogens (tertiary/aromatic N) is 3. The van der Waals surface area contributed by atoms with Crippen LogP contribution in [0.15, 0.2) is 24.3 Å². The van der Waals surface area contributed by atoms with E-state index in [1.54, 1.807) is 9.80 Å². The van der Waals surface area contributed by atoms with Gasteiger partial charge in [-0.2, -0.15) is 0 Å². The molecular formula is C16H23N3O3. The Morgan fingerprint density at radius 3 is 2.09 bits per heavy atom. The van der Waals surface area contributed by atoms with Gasteiger partial charge in [-0.1, -0.05) is 0 Å². The predicted octanol–water partition coefficient (Wildman–Crippen LogP) is 0.683. The van der Waals surface area contributed by atoms with E-state index in [9.17, 15) is 9.59 Å². The van der Waals surface area contributed by atoms with Crippen LogP contribution in [0.4, 0.5) is 5.69 Å². The summed E-state index contributed by atoms with van der Waals surface area (Å²) >= 11 is 0. The molecule has 0 unspecified atom stereocenters. The highest BCUT2D eigenvalue weighted by Crippen LogP contribution is 2.15. The zero-order valence-electron chi connectivity index (χ0n) is 13.4. The normalized spacial score (nSPS) is 14.9. The summed E-state index contributed by atoms with van der Waals surface area (Å²) in [5.74, 6) is -0.00548. The summed E-state index contributed by atoms with van der Waals surface area (Å²) < 4.78 is 4.86. The third-order valence-corrected chi connectivity index (χ3v) is 3.82. The third-order valence-electron chi connectivity index (χ3n) is 3.82. The molecule has 6 heteroatoms. The Labute approximate surface area is 131 Å². The molecule has 1 aliphatic heterocycles. The summed E-state index contributed by atoms with van der Waals surface area (Å²) in [6, 6.07) is 7.57. The number of anilines is 1. The van der Waals surface area contributed by atoms with Crippen LogP contribution in [0, 0.1) is 0 Å². The standard InChI is InChI=1S/C16H23N3O3/c1-17(2)14-6-4-13(5-7-14)16(21)19-10-8-18(9-11-19)15(20)12-22-3/h4-7H,8-12H2,1-3H3. The molecule has 2 rings (SSSR count). The van der Waals surface area contributed by atoms with Crippen molar-refractivity contribution >= 4 is 17.5 Å². The maximum atomic E-state index is 12.5. The number of benzene rings is 1. The highest BCUT2D eigenvalue weighted by atomic mass is 16.5. The molecule has 120 valence electrons. The molecule has 1 heterocycles. The summed E-state index contributed by atoms with van der Waals surface area (Å²) in [5, 5.41) is 0. The van der Waals surface area contributed by atoms with Crippen molar-refractivity contribution in [2.75, 3.05) is 58.9 Å². The molecule has 0 bridgehead atoms. The summed E-state index contributed by atoms with van der Waals surface area (Å²) in [6.07, 6.45) is 0. The van der Waals surface area contributed by atoms with Crippen LogP contribution in [0.5, 0.6) is 0 Å². The largest absolute Gasteiger partial charge is 0.378 e. The van der Waals surface area contributed by atoms with E-state index in [0.717, 1.165) is 5.69 Å². The van der Waals surface area contributed by atoms with Crippen molar-refractivity contribution in [3.63, 3.8) is 0 Å². The topological polar surface area (TPSA) is 53.1 Å². The van der Waals surface area contributed by atoms with E-state index in [4.69, 9.17) is 4.74 Å². The first-order chi connectivity index (χ1) is 10.5. The summed E-state index contributed by atoms with van der Waals surface area (Å²) in [7, 11) is 5.44. The van der Waals surface area contributed by atoms with E-state index in [0.29, 0.717) is 31.7 Å². The maximum Gasteiger partial charge on any atom is 0.253 e. The lowest BCUT2D eigenvalue weighted by molar-refractivity contribution is -0.136. The van der Waals surface area contributed by atoms with E-state index < -0.39 is 0 Å². The highest BCUT2D eigenvalue weighted by molar-refractivity contribution is 5.94. The lowest BCUT2D eigenvalue weighted by atomic mass is 10.1. The Kier molecular flexibility index (Phi) is 5.38. The molecule has 0 radical (unpaired) electrons. The molecule has 0 spiro atoms. The number of carbonyl (C=O) groups is 2. The first kappa shape index (κ1) is 16.3. The number of amides is 2. The van der Waals surface area contributed by atoms with Gasteiger partial charge in [0.05, 0.1) is 0 Å². The van der Waals surface area contributed by atoms with Crippen LogP contribution in [0.2, 0.25) is 0 Å². The van der Waals surface area contributed by atoms with Gasteiger partial charge in [-0.05, 0) is 24.3 Å². The number of rotatable bonds is 4. The maximum absolute atomic E-state index is 12.5. The second-order valence-corrected chi connectivity index (χ2v) is 5.55. The van der Waals surface area contributed by atoms with Gasteiger partial charge in [-0.3, -0.25) is 9.59 Å². The Morgan fingerprint density at radius 2 is 1.59 bits per heavy atom. The first-order valence-electron chi connectivity index (χ1n) is 7.36. The number of hydrogen-bond acceptors (Lipinski definition) is 4. The van der Waals surface area contributed by atoms with Crippen LogP contribution in [0.25, 0.3) is 0 Å². The van der Waals surface area contributed by atoms with Gasteiger partial charge in [0, 0.05) is 58.6 Å². The molecule has 1 saturated heterocycles. The van der Waals surface area contributed by atoms with Gasteiger partial charge in [0.25, 0.3) is 5.91 Å². The van der Waals surface area contributed by atoms with Crippen LogP contribution in [0.3, 0.4) is 0 Å². The van der Waals surface area contributed by atoms with E-state index in [1.807, 2.05) is 43.3 Å². The number of carbonyl (C=O) groups excluding carboxylic acids is 2. The number of ether oxygens (including phenoxy) is 1. The molecule has 0 atom stereocenters. The molecule has 6 nitrogen and oxygen atoms in total. The fourth-order valence-electron chi connectivity index (χ4n) is 2.46. The van der Waals surface area contributed by atoms with Crippen molar-refractivity contribution in [3.8, 4) is 0 Å². The summed E-state index contributed by atoms with van der Waals surface area (Å²) in [4.78, 5) is 29.7. The van der Waals surface area contributed by atoms with Crippen molar-refractivity contribution in [1.82, 2.24) is 9.80 Å². The molecule has 0 aliphatic carbocycles. The Bertz CT molecular complexity index is 520. The van der Waals surface area contributed by atoms with Gasteiger partial charge in [-0.15, -0.1) is 0 Å². The van der Waals surface area contributed by atoms with Crippen molar-refractivity contribution in [3.05, 3.63) is 29.8 Å². The average Bonchev–Trinajstić information content (AvgIpc) is 2.54. The molecule has 1 aromatic rings. The Morgan fingerprint density at radius 1 is 1.05 bits per heavy atom. The van der Waals surface area contributed by atoms with Crippen LogP contribution >= 0.6 is 0 Å². The van der Waals surface area contributed by atoms with Crippen molar-refractivity contribution < 1.29 is 14.3 Å². The second kappa shape index (κ2) is 7.26. The molecule has 22 heavy (non-hydrogen) atoms. The number of hydrogen-bond donors (Lipinski definition) is 0. The quantitative estimate of drug-likeness (QED) is 0.821. The third kappa shape index (κ3) is 3.76. The molecule has 0 N–H and O–H groups in total. The molecule has 1 fully saturated rings. The zero-order valence-corrected chi connectivity index (χ0v) is 13.4. The Hall–Kier alpha value is -2.08. The molecule has 0 aromatic heterocycles. The summed E-state index contributed by atoms with van der Waals surface area (Å²) in [5.41, 5.74) is 1.74. The van der Waals surface area contributed by atoms with E-state index >= 15 is 0 Å². The van der Waals surface area contributed by atoms with Crippen molar-refractivity contribution in [1.29, 1.82) is 0 Å². The first-order valence-corrected chi connectivity index (χ1v) is 7.36. The molecular weight excluding hydrogens is 282 g/mol. The number of piperazine rings is 1. The lowest BCUT2D eigenvalue weighted by Crippen LogP contribution is -2.51. The lowest BCUT2D eigenvalue weighted by Gasteiger charge is -2.34. The zero-order chi connectivity index (χ0) is 16.1. The van der Waals surface area contributed by atoms with Gasteiger partial charge in [0.2, 0.25) is 5.91 Å². The predicted molar refractivity (Wildman–Crippen MR) is 85.1 cm³/mol. The minimum Gasteiger partial charge on any atom is -0.378 e. The average molecular weight is 305 g/mol. The minimum absolute atomic E-state index is 0.0177. The van der Waals surface area contributed by atoms with Gasteiger partial charge >= 0.3 is 0 Å². The van der Waals surface area contributed by atoms with Crippen molar-refractivity contribution in [2.24, 2.45) is 0 Å². The van der Waals surface area contributed by atoms with Gasteiger partial charge < -0.3 is 19.4 Å². The SMILES string of the molecule is COCC(=O)N1CCN(C(=O)c2ccc(N(C)C)cc2)CC1. The molecule has 2 amide bonds. The fraction of sp³-hybridized carbons (Fsp3) is 0.500. The molecule has 1 aromatic carbocycles. The van der Waals surface area contributed by atoms with Gasteiger partial charge in [0.1, 0.15) is 6.61 Å². The van der Waals surface area contributed by atoms with Crippen molar-refractivity contribution in [2.45, 2.75) is 0 Å². The molecule has 0 saturated carbocycles. The van der Waals surface area contributed by atoms with E-state index in [2.05, 4.69) is 0 Å². The van der Waals surface area contributed by atoms with Gasteiger partial charge in [-0.25, -0.2) is 0 Å². The van der Waals surface area contributed by atoms with E-state index in [-0.39, 0.29) is 18.4 Å². The van der Waals surface area contributed by atoms with Crippen LogP contribution in [0.1, 0.15) is 10.4 Å². The van der Waals surface area contributed by atoms with Crippen LogP contribution < -0.4 is 4.90 Å². The Balaban J connectivity index is 1.93. The summed E-state index contributed by atoms with van der Waals surface area (Å²) in [6.45, 7) is 2.33. The van der Waals surface area contributed by atoms with E-state index in [1.165, 1.54) is 7.11 Å². The minimum atomic E-state index is -0.0232. The van der Waals surface area contributed by atoms with Crippen LogP contribution in [-0.2, 0) is 9.53 Å². The van der Waals surface area contributed by atoms with Crippen LogP contribution in [-0.4, -0.2) is 75.6 Å².